The first kappa shape index (κ1) is 26.8. The summed E-state index contributed by atoms with van der Waals surface area (Å²) in [5.41, 5.74) is 2.81. The molecule has 0 aliphatic carbocycles. The van der Waals surface area contributed by atoms with Crippen LogP contribution in [0.2, 0.25) is 5.02 Å². The van der Waals surface area contributed by atoms with E-state index in [4.69, 9.17) is 21.1 Å². The van der Waals surface area contributed by atoms with E-state index < -0.39 is 17.7 Å². The molecule has 1 fully saturated rings. The van der Waals surface area contributed by atoms with Gasteiger partial charge in [-0.05, 0) is 78.2 Å². The lowest BCUT2D eigenvalue weighted by atomic mass is 9.94. The van der Waals surface area contributed by atoms with Gasteiger partial charge in [0, 0.05) is 16.3 Å². The number of ether oxygens (including phenoxy) is 2. The maximum atomic E-state index is 13.4. The molecule has 4 aromatic carbocycles. The predicted octanol–water partition coefficient (Wildman–Crippen LogP) is 6.57. The van der Waals surface area contributed by atoms with Gasteiger partial charge in [0.25, 0.3) is 11.7 Å². The van der Waals surface area contributed by atoms with E-state index in [1.54, 1.807) is 48.5 Å². The van der Waals surface area contributed by atoms with Crippen LogP contribution in [0.15, 0.2) is 96.6 Å². The van der Waals surface area contributed by atoms with Crippen molar-refractivity contribution in [3.05, 3.63) is 124 Å². The SMILES string of the molecule is COc1ccc(C2/C(=C(/O)c3ccc(OCc4ccccc4)c(C)c3)C(=O)C(=O)N2c2ccc(Cl)cc2)cc1O. The largest absolute Gasteiger partial charge is 0.507 e. The van der Waals surface area contributed by atoms with Crippen molar-refractivity contribution in [2.24, 2.45) is 0 Å². The number of phenols is 1. The monoisotopic (exact) mass is 555 g/mol. The molecule has 0 spiro atoms. The number of rotatable bonds is 7. The topological polar surface area (TPSA) is 96.3 Å². The molecule has 5 rings (SSSR count). The number of aromatic hydroxyl groups is 1. The van der Waals surface area contributed by atoms with Crippen LogP contribution in [0.1, 0.15) is 28.3 Å². The number of aliphatic hydroxyl groups excluding tert-OH is 1. The summed E-state index contributed by atoms with van der Waals surface area (Å²) in [6.07, 6.45) is 0. The fraction of sp³-hybridized carbons (Fsp3) is 0.125. The number of aryl methyl sites for hydroxylation is 1. The highest BCUT2D eigenvalue weighted by molar-refractivity contribution is 6.51. The summed E-state index contributed by atoms with van der Waals surface area (Å²) < 4.78 is 11.1. The van der Waals surface area contributed by atoms with E-state index in [-0.39, 0.29) is 22.8 Å². The summed E-state index contributed by atoms with van der Waals surface area (Å²) in [5.74, 6) is -1.32. The number of methoxy groups -OCH3 is 1. The standard InChI is InChI=1S/C32H26ClNO6/c1-19-16-22(9-14-26(19)40-18-20-6-4-3-5-7-20)30(36)28-29(21-8-15-27(39-2)25(35)17-21)34(32(38)31(28)37)24-12-10-23(33)11-13-24/h3-17,29,35-36H,18H2,1-2H3/b30-28-. The van der Waals surface area contributed by atoms with Crippen molar-refractivity contribution >= 4 is 34.7 Å². The van der Waals surface area contributed by atoms with Gasteiger partial charge in [-0.2, -0.15) is 0 Å². The molecule has 1 heterocycles. The maximum absolute atomic E-state index is 13.4. The Morgan fingerprint density at radius 1 is 0.925 bits per heavy atom. The Kier molecular flexibility index (Phi) is 7.49. The van der Waals surface area contributed by atoms with Gasteiger partial charge in [0.15, 0.2) is 11.5 Å². The summed E-state index contributed by atoms with van der Waals surface area (Å²) in [7, 11) is 1.42. The fourth-order valence-electron chi connectivity index (χ4n) is 4.74. The molecule has 8 heteroatoms. The number of nitrogens with zero attached hydrogens (tertiary/aromatic N) is 1. The molecule has 0 aromatic heterocycles. The number of aliphatic hydroxyl groups is 1. The van der Waals surface area contributed by atoms with E-state index in [1.807, 2.05) is 37.3 Å². The number of carbonyl (C=O) groups is 2. The third-order valence-corrected chi connectivity index (χ3v) is 7.01. The van der Waals surface area contributed by atoms with Gasteiger partial charge in [0.1, 0.15) is 18.1 Å². The predicted molar refractivity (Wildman–Crippen MR) is 153 cm³/mol. The number of hydrogen-bond donors (Lipinski definition) is 2. The Labute approximate surface area is 236 Å². The Morgan fingerprint density at radius 3 is 2.27 bits per heavy atom. The van der Waals surface area contributed by atoms with Gasteiger partial charge in [-0.3, -0.25) is 14.5 Å². The number of phenolic OH excluding ortho intramolecular Hbond substituents is 1. The van der Waals surface area contributed by atoms with Crippen LogP contribution in [0, 0.1) is 6.92 Å². The molecule has 40 heavy (non-hydrogen) atoms. The number of hydrogen-bond acceptors (Lipinski definition) is 6. The van der Waals surface area contributed by atoms with Crippen LogP contribution in [0.25, 0.3) is 5.76 Å². The van der Waals surface area contributed by atoms with Gasteiger partial charge in [-0.1, -0.05) is 48.0 Å². The Hall–Kier alpha value is -4.75. The molecule has 202 valence electrons. The molecule has 1 unspecified atom stereocenters. The van der Waals surface area contributed by atoms with Crippen LogP contribution >= 0.6 is 11.6 Å². The minimum Gasteiger partial charge on any atom is -0.507 e. The molecule has 1 atom stereocenters. The first-order valence-electron chi connectivity index (χ1n) is 12.5. The van der Waals surface area contributed by atoms with Crippen molar-refractivity contribution < 1.29 is 29.3 Å². The molecule has 0 bridgehead atoms. The van der Waals surface area contributed by atoms with Crippen molar-refractivity contribution in [3.8, 4) is 17.2 Å². The van der Waals surface area contributed by atoms with Crippen LogP contribution in [-0.2, 0) is 16.2 Å². The highest BCUT2D eigenvalue weighted by Crippen LogP contribution is 2.44. The lowest BCUT2D eigenvalue weighted by Gasteiger charge is -2.26. The summed E-state index contributed by atoms with van der Waals surface area (Å²) in [6, 6.07) is 24.8. The number of carbonyl (C=O) groups excluding carboxylic acids is 2. The molecule has 0 saturated carbocycles. The molecule has 1 aliphatic heterocycles. The molecular weight excluding hydrogens is 530 g/mol. The second kappa shape index (κ2) is 11.2. The van der Waals surface area contributed by atoms with Crippen LogP contribution in [-0.4, -0.2) is 29.0 Å². The lowest BCUT2D eigenvalue weighted by Crippen LogP contribution is -2.29. The number of anilines is 1. The second-order valence-corrected chi connectivity index (χ2v) is 9.77. The minimum absolute atomic E-state index is 0.109. The molecule has 4 aromatic rings. The summed E-state index contributed by atoms with van der Waals surface area (Å²) >= 11 is 6.06. The maximum Gasteiger partial charge on any atom is 0.300 e. The lowest BCUT2D eigenvalue weighted by molar-refractivity contribution is -0.132. The first-order chi connectivity index (χ1) is 19.3. The van der Waals surface area contributed by atoms with Gasteiger partial charge < -0.3 is 19.7 Å². The smallest absolute Gasteiger partial charge is 0.300 e. The summed E-state index contributed by atoms with van der Waals surface area (Å²) in [6.45, 7) is 2.21. The average molecular weight is 556 g/mol. The van der Waals surface area contributed by atoms with E-state index in [2.05, 4.69) is 0 Å². The van der Waals surface area contributed by atoms with Gasteiger partial charge in [-0.25, -0.2) is 0 Å². The van der Waals surface area contributed by atoms with Crippen molar-refractivity contribution in [2.45, 2.75) is 19.6 Å². The van der Waals surface area contributed by atoms with Crippen molar-refractivity contribution in [3.63, 3.8) is 0 Å². The number of benzene rings is 4. The zero-order chi connectivity index (χ0) is 28.4. The van der Waals surface area contributed by atoms with E-state index in [0.29, 0.717) is 34.2 Å². The second-order valence-electron chi connectivity index (χ2n) is 9.33. The van der Waals surface area contributed by atoms with Crippen molar-refractivity contribution in [1.82, 2.24) is 0 Å². The van der Waals surface area contributed by atoms with Crippen LogP contribution in [0.3, 0.4) is 0 Å². The molecular formula is C32H26ClNO6. The van der Waals surface area contributed by atoms with Crippen LogP contribution in [0.5, 0.6) is 17.2 Å². The first-order valence-corrected chi connectivity index (χ1v) is 12.9. The van der Waals surface area contributed by atoms with Gasteiger partial charge in [0.2, 0.25) is 0 Å². The number of amides is 1. The third-order valence-electron chi connectivity index (χ3n) is 6.75. The fourth-order valence-corrected chi connectivity index (χ4v) is 4.87. The number of halogens is 1. The highest BCUT2D eigenvalue weighted by Gasteiger charge is 2.47. The van der Waals surface area contributed by atoms with Gasteiger partial charge in [-0.15, -0.1) is 0 Å². The van der Waals surface area contributed by atoms with Crippen LogP contribution in [0.4, 0.5) is 5.69 Å². The van der Waals surface area contributed by atoms with Gasteiger partial charge >= 0.3 is 0 Å². The average Bonchev–Trinajstić information content (AvgIpc) is 3.22. The zero-order valence-electron chi connectivity index (χ0n) is 21.8. The molecule has 1 amide bonds. The Morgan fingerprint density at radius 2 is 1.62 bits per heavy atom. The quantitative estimate of drug-likeness (QED) is 0.152. The Balaban J connectivity index is 1.58. The van der Waals surface area contributed by atoms with E-state index in [1.165, 1.54) is 24.1 Å². The zero-order valence-corrected chi connectivity index (χ0v) is 22.6. The van der Waals surface area contributed by atoms with Crippen molar-refractivity contribution in [2.75, 3.05) is 12.0 Å². The summed E-state index contributed by atoms with van der Waals surface area (Å²) in [5, 5.41) is 22.4. The molecule has 0 radical (unpaired) electrons. The number of Topliss-reactive ketones (excluding diaryl/α,β-unsaturated/α-hetero) is 1. The van der Waals surface area contributed by atoms with E-state index in [0.717, 1.165) is 11.1 Å². The number of ketones is 1. The minimum atomic E-state index is -1.02. The van der Waals surface area contributed by atoms with Crippen molar-refractivity contribution in [1.29, 1.82) is 0 Å². The van der Waals surface area contributed by atoms with E-state index >= 15 is 0 Å². The summed E-state index contributed by atoms with van der Waals surface area (Å²) in [4.78, 5) is 28.1. The molecule has 2 N–H and O–H groups in total. The Bertz CT molecular complexity index is 1610. The van der Waals surface area contributed by atoms with E-state index in [9.17, 15) is 19.8 Å². The van der Waals surface area contributed by atoms with Gasteiger partial charge in [0.05, 0.1) is 18.7 Å². The molecule has 1 aliphatic rings. The van der Waals surface area contributed by atoms with Crippen LogP contribution < -0.4 is 14.4 Å². The molecule has 7 nitrogen and oxygen atoms in total. The normalized spacial score (nSPS) is 16.3. The highest BCUT2D eigenvalue weighted by atomic mass is 35.5. The third kappa shape index (κ3) is 5.11. The molecule has 1 saturated heterocycles.